The van der Waals surface area contributed by atoms with E-state index in [2.05, 4.69) is 13.0 Å². The van der Waals surface area contributed by atoms with Gasteiger partial charge in [-0.3, -0.25) is 0 Å². The van der Waals surface area contributed by atoms with Gasteiger partial charge in [0, 0.05) is 0 Å². The van der Waals surface area contributed by atoms with E-state index in [1.807, 2.05) is 36.4 Å². The molecule has 0 unspecified atom stereocenters. The fourth-order valence-corrected chi connectivity index (χ4v) is 0.896. The second kappa shape index (κ2) is 18.9. The van der Waals surface area contributed by atoms with Gasteiger partial charge in [-0.2, -0.15) is 7.82 Å². The van der Waals surface area contributed by atoms with Crippen LogP contribution in [0.5, 0.6) is 5.75 Å². The Kier molecular flexibility index (Phi) is 28.2. The molecule has 0 saturated heterocycles. The second-order valence-electron chi connectivity index (χ2n) is 2.95. The molecule has 20 heavy (non-hydrogen) atoms. The fourth-order valence-electron chi connectivity index (χ4n) is 0.896. The Bertz CT molecular complexity index is 361. The van der Waals surface area contributed by atoms with Gasteiger partial charge < -0.3 is 24.0 Å². The van der Waals surface area contributed by atoms with E-state index in [0.717, 1.165) is 12.2 Å². The van der Waals surface area contributed by atoms with Gasteiger partial charge in [-0.1, -0.05) is 37.3 Å². The first-order valence-electron chi connectivity index (χ1n) is 4.99. The minimum absolute atomic E-state index is 0. The summed E-state index contributed by atoms with van der Waals surface area (Å²) in [6, 6.07) is 9.84. The molecule has 0 aliphatic carbocycles. The number of benzene rings is 1. The molecule has 1 rings (SSSR count). The maximum absolute atomic E-state index is 8.55. The Labute approximate surface area is 186 Å². The van der Waals surface area contributed by atoms with Crippen molar-refractivity contribution in [1.29, 1.82) is 0 Å². The van der Waals surface area contributed by atoms with Crippen LogP contribution in [0.3, 0.4) is 0 Å². The quantitative estimate of drug-likeness (QED) is 0.311. The summed E-state index contributed by atoms with van der Waals surface area (Å²) in [6.07, 6.45) is 5.20. The van der Waals surface area contributed by atoms with Crippen molar-refractivity contribution >= 4 is 7.82 Å². The minimum Gasteiger partial charge on any atom is -0.822 e. The number of para-hydroxylation sites is 1. The Balaban J connectivity index is -0.000000141. The van der Waals surface area contributed by atoms with Crippen LogP contribution >= 0.6 is 7.82 Å². The van der Waals surface area contributed by atoms with Crippen molar-refractivity contribution in [3.8, 4) is 5.75 Å². The molecular formula is C11H14Na3O5P. The van der Waals surface area contributed by atoms with Crippen molar-refractivity contribution in [3.63, 3.8) is 0 Å². The predicted octanol–water partition coefficient (Wildman–Crippen LogP) is -8.78. The topological polar surface area (TPSA) is 95.5 Å². The molecule has 0 aliphatic rings. The van der Waals surface area contributed by atoms with E-state index in [1.165, 1.54) is 0 Å². The summed E-state index contributed by atoms with van der Waals surface area (Å²) in [6.45, 7) is 2.77. The fraction of sp³-hybridized carbons (Fsp3) is 0.273. The zero-order valence-electron chi connectivity index (χ0n) is 12.4. The molecule has 0 saturated carbocycles. The van der Waals surface area contributed by atoms with E-state index in [0.29, 0.717) is 6.61 Å². The van der Waals surface area contributed by atoms with Crippen LogP contribution in [-0.4, -0.2) is 6.61 Å². The maximum atomic E-state index is 8.55. The molecule has 0 fully saturated rings. The Morgan fingerprint density at radius 2 is 1.50 bits per heavy atom. The van der Waals surface area contributed by atoms with Crippen molar-refractivity contribution in [2.45, 2.75) is 13.3 Å². The number of hydrogen-bond acceptors (Lipinski definition) is 5. The molecule has 0 bridgehead atoms. The Morgan fingerprint density at radius 1 is 1.05 bits per heavy atom. The monoisotopic (exact) mass is 326 g/mol. The first-order valence-corrected chi connectivity index (χ1v) is 6.45. The van der Waals surface area contributed by atoms with Crippen molar-refractivity contribution in [1.82, 2.24) is 0 Å². The summed E-state index contributed by atoms with van der Waals surface area (Å²) in [5.41, 5.74) is 0. The van der Waals surface area contributed by atoms with E-state index in [9.17, 15) is 0 Å². The van der Waals surface area contributed by atoms with Gasteiger partial charge in [0.25, 0.3) is 0 Å². The van der Waals surface area contributed by atoms with Crippen molar-refractivity contribution < 1.29 is 113 Å². The number of rotatable bonds is 4. The SMILES string of the molecule is CCC=CCOc1ccccc1.O=P([O-])([O-])[O-].[Na+].[Na+].[Na+]. The molecule has 1 aromatic carbocycles. The van der Waals surface area contributed by atoms with Crippen LogP contribution in [0.25, 0.3) is 0 Å². The average molecular weight is 326 g/mol. The Hall–Kier alpha value is 1.87. The van der Waals surface area contributed by atoms with E-state index >= 15 is 0 Å². The summed E-state index contributed by atoms with van der Waals surface area (Å²) < 4.78 is 14.0. The first-order chi connectivity index (χ1) is 7.93. The molecule has 0 aromatic heterocycles. The summed E-state index contributed by atoms with van der Waals surface area (Å²) in [7, 11) is -5.39. The van der Waals surface area contributed by atoms with Gasteiger partial charge in [-0.15, -0.1) is 0 Å². The third kappa shape index (κ3) is 28.1. The largest absolute Gasteiger partial charge is 1.00 e. The standard InChI is InChI=1S/C11H14O.3Na.H3O4P/c1-2-3-7-10-12-11-8-5-4-6-9-11;;;;1-5(2,3)4/h3-9H,2,10H2,1H3;;;;(H3,1,2,3,4)/q;3*+1;/p-3. The van der Waals surface area contributed by atoms with Gasteiger partial charge in [-0.25, -0.2) is 0 Å². The van der Waals surface area contributed by atoms with Crippen molar-refractivity contribution in [3.05, 3.63) is 42.5 Å². The molecule has 1 aromatic rings. The van der Waals surface area contributed by atoms with Gasteiger partial charge in [-0.05, 0) is 18.6 Å². The summed E-state index contributed by atoms with van der Waals surface area (Å²) in [4.78, 5) is 25.6. The summed E-state index contributed by atoms with van der Waals surface area (Å²) in [5, 5.41) is 0. The van der Waals surface area contributed by atoms with E-state index in [4.69, 9.17) is 24.0 Å². The molecule has 0 N–H and O–H groups in total. The number of allylic oxidation sites excluding steroid dienone is 1. The van der Waals surface area contributed by atoms with Crippen LogP contribution in [0.15, 0.2) is 42.5 Å². The summed E-state index contributed by atoms with van der Waals surface area (Å²) in [5.74, 6) is 0.929. The van der Waals surface area contributed by atoms with E-state index in [-0.39, 0.29) is 88.7 Å². The molecule has 0 amide bonds. The summed E-state index contributed by atoms with van der Waals surface area (Å²) >= 11 is 0. The number of hydrogen-bond donors (Lipinski definition) is 0. The second-order valence-corrected chi connectivity index (χ2v) is 3.85. The van der Waals surface area contributed by atoms with E-state index < -0.39 is 7.82 Å². The third-order valence-electron chi connectivity index (χ3n) is 1.49. The normalized spacial score (nSPS) is 9.20. The van der Waals surface area contributed by atoms with Crippen LogP contribution in [0, 0.1) is 0 Å². The molecule has 0 spiro atoms. The Morgan fingerprint density at radius 3 is 1.90 bits per heavy atom. The van der Waals surface area contributed by atoms with Gasteiger partial charge in [0.05, 0.1) is 0 Å². The van der Waals surface area contributed by atoms with Gasteiger partial charge in [0.15, 0.2) is 0 Å². The average Bonchev–Trinajstić information content (AvgIpc) is 2.24. The first kappa shape index (κ1) is 29.8. The van der Waals surface area contributed by atoms with Crippen LogP contribution in [0.2, 0.25) is 0 Å². The van der Waals surface area contributed by atoms with Crippen molar-refractivity contribution in [2.24, 2.45) is 0 Å². The number of ether oxygens (including phenoxy) is 1. The molecule has 0 aliphatic heterocycles. The van der Waals surface area contributed by atoms with Gasteiger partial charge in [0.2, 0.25) is 0 Å². The van der Waals surface area contributed by atoms with E-state index in [1.54, 1.807) is 0 Å². The molecular weight excluding hydrogens is 312 g/mol. The molecule has 96 valence electrons. The van der Waals surface area contributed by atoms with Crippen LogP contribution < -0.4 is 108 Å². The van der Waals surface area contributed by atoms with Crippen LogP contribution in [0.1, 0.15) is 13.3 Å². The van der Waals surface area contributed by atoms with Gasteiger partial charge in [0.1, 0.15) is 12.4 Å². The van der Waals surface area contributed by atoms with Crippen LogP contribution in [-0.2, 0) is 4.57 Å². The maximum Gasteiger partial charge on any atom is 1.00 e. The molecule has 0 heterocycles. The van der Waals surface area contributed by atoms with Gasteiger partial charge >= 0.3 is 88.7 Å². The molecule has 9 heteroatoms. The minimum atomic E-state index is -5.39. The smallest absolute Gasteiger partial charge is 0.822 e. The number of phosphoric acid groups is 1. The predicted molar refractivity (Wildman–Crippen MR) is 59.0 cm³/mol. The third-order valence-corrected chi connectivity index (χ3v) is 1.49. The molecule has 0 atom stereocenters. The van der Waals surface area contributed by atoms with Crippen molar-refractivity contribution in [2.75, 3.05) is 6.61 Å². The zero-order chi connectivity index (χ0) is 13.1. The molecule has 5 nitrogen and oxygen atoms in total. The molecule has 0 radical (unpaired) electrons. The zero-order valence-corrected chi connectivity index (χ0v) is 19.3. The van der Waals surface area contributed by atoms with Crippen LogP contribution in [0.4, 0.5) is 0 Å².